The second-order valence-electron chi connectivity index (χ2n) is 7.45. The minimum absolute atomic E-state index is 0.158. The van der Waals surface area contributed by atoms with Crippen molar-refractivity contribution in [1.29, 1.82) is 0 Å². The summed E-state index contributed by atoms with van der Waals surface area (Å²) in [5, 5.41) is 20.2. The van der Waals surface area contributed by atoms with Crippen molar-refractivity contribution in [2.75, 3.05) is 0 Å². The number of phenols is 2. The Morgan fingerprint density at radius 2 is 1.16 bits per heavy atom. The summed E-state index contributed by atoms with van der Waals surface area (Å²) in [6.45, 7) is 11.3. The molecule has 0 aliphatic rings. The normalized spacial score (nSPS) is 11.6. The van der Waals surface area contributed by atoms with E-state index in [1.165, 1.54) is 0 Å². The SMILES string of the molecule is CC(=O)CCC(C)(c1cc(C)c(O)c(C)c1)c1cc(C)c(O)c(C)c1. The van der Waals surface area contributed by atoms with Gasteiger partial charge in [0.15, 0.2) is 0 Å². The van der Waals surface area contributed by atoms with Crippen molar-refractivity contribution in [2.45, 2.75) is 59.8 Å². The first-order valence-electron chi connectivity index (χ1n) is 8.67. The number of aryl methyl sites for hydroxylation is 4. The Morgan fingerprint density at radius 1 is 0.840 bits per heavy atom. The lowest BCUT2D eigenvalue weighted by Crippen LogP contribution is -2.25. The fourth-order valence-corrected chi connectivity index (χ4v) is 3.43. The maximum absolute atomic E-state index is 11.6. The molecule has 2 N–H and O–H groups in total. The summed E-state index contributed by atoms with van der Waals surface area (Å²) in [5.74, 6) is 0.789. The first kappa shape index (κ1) is 19.0. The molecule has 0 radical (unpaired) electrons. The van der Waals surface area contributed by atoms with Crippen molar-refractivity contribution >= 4 is 5.78 Å². The third-order valence-corrected chi connectivity index (χ3v) is 5.23. The number of carbonyl (C=O) groups is 1. The van der Waals surface area contributed by atoms with Crippen LogP contribution in [0.3, 0.4) is 0 Å². The van der Waals surface area contributed by atoms with Gasteiger partial charge in [0.1, 0.15) is 17.3 Å². The van der Waals surface area contributed by atoms with Gasteiger partial charge >= 0.3 is 0 Å². The molecule has 0 atom stereocenters. The number of Topliss-reactive ketones (excluding diaryl/α,β-unsaturated/α-hetero) is 1. The number of carbonyl (C=O) groups excluding carboxylic acids is 1. The minimum Gasteiger partial charge on any atom is -0.507 e. The van der Waals surface area contributed by atoms with Crippen LogP contribution in [0.1, 0.15) is 60.1 Å². The van der Waals surface area contributed by atoms with Crippen LogP contribution in [0.2, 0.25) is 0 Å². The number of benzene rings is 2. The molecular formula is C22H28O3. The molecule has 0 bridgehead atoms. The van der Waals surface area contributed by atoms with E-state index < -0.39 is 0 Å². The van der Waals surface area contributed by atoms with Gasteiger partial charge in [-0.2, -0.15) is 0 Å². The maximum Gasteiger partial charge on any atom is 0.129 e. The molecule has 0 heterocycles. The lowest BCUT2D eigenvalue weighted by molar-refractivity contribution is -0.117. The second kappa shape index (κ2) is 6.91. The lowest BCUT2D eigenvalue weighted by Gasteiger charge is -2.32. The number of aromatic hydroxyl groups is 2. The fourth-order valence-electron chi connectivity index (χ4n) is 3.43. The molecule has 0 fully saturated rings. The molecule has 0 unspecified atom stereocenters. The second-order valence-corrected chi connectivity index (χ2v) is 7.45. The highest BCUT2D eigenvalue weighted by molar-refractivity contribution is 5.75. The first-order valence-corrected chi connectivity index (χ1v) is 8.67. The zero-order chi connectivity index (χ0) is 18.9. The molecular weight excluding hydrogens is 312 g/mol. The molecule has 0 aliphatic heterocycles. The van der Waals surface area contributed by atoms with Crippen LogP contribution in [0.25, 0.3) is 0 Å². The highest BCUT2D eigenvalue weighted by Crippen LogP contribution is 2.41. The zero-order valence-corrected chi connectivity index (χ0v) is 16.0. The van der Waals surface area contributed by atoms with Crippen molar-refractivity contribution < 1.29 is 15.0 Å². The monoisotopic (exact) mass is 340 g/mol. The van der Waals surface area contributed by atoms with Gasteiger partial charge in [0.25, 0.3) is 0 Å². The van der Waals surface area contributed by atoms with E-state index in [-0.39, 0.29) is 11.2 Å². The number of ketones is 1. The van der Waals surface area contributed by atoms with Gasteiger partial charge in [-0.15, -0.1) is 0 Å². The fraction of sp³-hybridized carbons (Fsp3) is 0.409. The molecule has 25 heavy (non-hydrogen) atoms. The first-order chi connectivity index (χ1) is 11.6. The van der Waals surface area contributed by atoms with Crippen LogP contribution in [0.4, 0.5) is 0 Å². The Bertz CT molecular complexity index is 715. The summed E-state index contributed by atoms with van der Waals surface area (Å²) in [6, 6.07) is 8.00. The molecule has 3 heteroatoms. The molecule has 0 amide bonds. The van der Waals surface area contributed by atoms with Crippen molar-refractivity contribution in [2.24, 2.45) is 0 Å². The summed E-state index contributed by atoms with van der Waals surface area (Å²) in [5.41, 5.74) is 5.09. The van der Waals surface area contributed by atoms with Crippen molar-refractivity contribution in [3.8, 4) is 11.5 Å². The number of rotatable bonds is 5. The molecule has 2 rings (SSSR count). The van der Waals surface area contributed by atoms with Gasteiger partial charge in [0.05, 0.1) is 0 Å². The molecule has 2 aromatic carbocycles. The molecule has 0 saturated carbocycles. The lowest BCUT2D eigenvalue weighted by atomic mass is 9.71. The topological polar surface area (TPSA) is 57.5 Å². The van der Waals surface area contributed by atoms with E-state index in [4.69, 9.17) is 0 Å². The smallest absolute Gasteiger partial charge is 0.129 e. The molecule has 0 aromatic heterocycles. The Hall–Kier alpha value is -2.29. The predicted octanol–water partition coefficient (Wildman–Crippen LogP) is 5.01. The van der Waals surface area contributed by atoms with E-state index in [0.29, 0.717) is 24.3 Å². The number of phenolic OH excluding ortho intramolecular Hbond substituents is 2. The van der Waals surface area contributed by atoms with E-state index in [1.807, 2.05) is 52.0 Å². The van der Waals surface area contributed by atoms with Crippen molar-refractivity contribution in [1.82, 2.24) is 0 Å². The summed E-state index contributed by atoms with van der Waals surface area (Å²) >= 11 is 0. The van der Waals surface area contributed by atoms with E-state index in [0.717, 1.165) is 33.4 Å². The summed E-state index contributed by atoms with van der Waals surface area (Å²) < 4.78 is 0. The van der Waals surface area contributed by atoms with Gasteiger partial charge in [-0.25, -0.2) is 0 Å². The Balaban J connectivity index is 2.68. The highest BCUT2D eigenvalue weighted by Gasteiger charge is 2.31. The molecule has 2 aromatic rings. The van der Waals surface area contributed by atoms with Crippen LogP contribution >= 0.6 is 0 Å². The Kier molecular flexibility index (Phi) is 5.26. The average Bonchev–Trinajstić information content (AvgIpc) is 2.54. The number of hydrogen-bond donors (Lipinski definition) is 2. The van der Waals surface area contributed by atoms with Crippen molar-refractivity contribution in [3.05, 3.63) is 57.6 Å². The average molecular weight is 340 g/mol. The Morgan fingerprint density at radius 3 is 1.44 bits per heavy atom. The van der Waals surface area contributed by atoms with E-state index >= 15 is 0 Å². The summed E-state index contributed by atoms with van der Waals surface area (Å²) in [7, 11) is 0. The van der Waals surface area contributed by atoms with Crippen LogP contribution < -0.4 is 0 Å². The van der Waals surface area contributed by atoms with Gasteiger partial charge in [-0.1, -0.05) is 31.2 Å². The van der Waals surface area contributed by atoms with Crippen LogP contribution in [0, 0.1) is 27.7 Å². The van der Waals surface area contributed by atoms with Crippen LogP contribution in [0.5, 0.6) is 11.5 Å². The molecule has 0 spiro atoms. The van der Waals surface area contributed by atoms with Crippen LogP contribution in [0.15, 0.2) is 24.3 Å². The maximum atomic E-state index is 11.6. The third-order valence-electron chi connectivity index (χ3n) is 5.23. The van der Waals surface area contributed by atoms with Crippen LogP contribution in [-0.4, -0.2) is 16.0 Å². The Labute approximate surface area is 150 Å². The molecule has 3 nitrogen and oxygen atoms in total. The summed E-state index contributed by atoms with van der Waals surface area (Å²) in [4.78, 5) is 11.6. The highest BCUT2D eigenvalue weighted by atomic mass is 16.3. The predicted molar refractivity (Wildman–Crippen MR) is 102 cm³/mol. The zero-order valence-electron chi connectivity index (χ0n) is 16.0. The largest absolute Gasteiger partial charge is 0.507 e. The third kappa shape index (κ3) is 3.71. The van der Waals surface area contributed by atoms with Gasteiger partial charge in [-0.3, -0.25) is 0 Å². The van der Waals surface area contributed by atoms with Crippen molar-refractivity contribution in [3.63, 3.8) is 0 Å². The quantitative estimate of drug-likeness (QED) is 0.804. The van der Waals surface area contributed by atoms with E-state index in [2.05, 4.69) is 6.92 Å². The molecule has 0 aliphatic carbocycles. The van der Waals surface area contributed by atoms with Gasteiger partial charge in [-0.05, 0) is 74.4 Å². The molecule has 134 valence electrons. The molecule has 0 saturated heterocycles. The number of hydrogen-bond acceptors (Lipinski definition) is 3. The van der Waals surface area contributed by atoms with E-state index in [1.54, 1.807) is 6.92 Å². The van der Waals surface area contributed by atoms with Gasteiger partial charge in [0, 0.05) is 11.8 Å². The van der Waals surface area contributed by atoms with Crippen LogP contribution in [-0.2, 0) is 10.2 Å². The van der Waals surface area contributed by atoms with E-state index in [9.17, 15) is 15.0 Å². The van der Waals surface area contributed by atoms with Gasteiger partial charge < -0.3 is 15.0 Å². The van der Waals surface area contributed by atoms with Gasteiger partial charge in [0.2, 0.25) is 0 Å². The standard InChI is InChI=1S/C22H28O3/c1-13-9-18(10-14(2)20(13)24)22(6,8-7-17(5)23)19-11-15(3)21(25)16(4)12-19/h9-12,24-25H,7-8H2,1-6H3. The minimum atomic E-state index is -0.377. The summed E-state index contributed by atoms with van der Waals surface area (Å²) in [6.07, 6.45) is 1.16.